The van der Waals surface area contributed by atoms with E-state index in [-0.39, 0.29) is 5.91 Å². The zero-order chi connectivity index (χ0) is 19.7. The Hall–Kier alpha value is -1.59. The van der Waals surface area contributed by atoms with Gasteiger partial charge >= 0.3 is 0 Å². The number of halogens is 2. The van der Waals surface area contributed by atoms with Gasteiger partial charge in [-0.2, -0.15) is 0 Å². The van der Waals surface area contributed by atoms with Crippen LogP contribution in [-0.2, 0) is 6.54 Å². The first-order valence-corrected chi connectivity index (χ1v) is 10.8. The van der Waals surface area contributed by atoms with E-state index in [0.717, 1.165) is 43.3 Å². The highest BCUT2D eigenvalue weighted by atomic mass is 35.5. The summed E-state index contributed by atoms with van der Waals surface area (Å²) >= 11 is 6.47. The Morgan fingerprint density at radius 2 is 2.14 bits per heavy atom. The maximum absolute atomic E-state index is 14.0. The summed E-state index contributed by atoms with van der Waals surface area (Å²) in [6, 6.07) is 6.22. The first kappa shape index (κ1) is 19.7. The lowest BCUT2D eigenvalue weighted by Gasteiger charge is -2.31. The summed E-state index contributed by atoms with van der Waals surface area (Å²) < 4.78 is 16.1. The molecule has 152 valence electrons. The average Bonchev–Trinajstić information content (AvgIpc) is 3.30. The minimum atomic E-state index is -1.05. The summed E-state index contributed by atoms with van der Waals surface area (Å²) in [7, 11) is 0. The van der Waals surface area contributed by atoms with Crippen molar-refractivity contribution in [2.75, 3.05) is 13.1 Å². The molecule has 1 atom stereocenters. The molecule has 1 saturated carbocycles. The normalized spacial score (nSPS) is 28.0. The predicted molar refractivity (Wildman–Crippen MR) is 112 cm³/mol. The van der Waals surface area contributed by atoms with Gasteiger partial charge in [0.15, 0.2) is 0 Å². The van der Waals surface area contributed by atoms with Gasteiger partial charge in [0.05, 0.1) is 16.1 Å². The second kappa shape index (κ2) is 8.03. The van der Waals surface area contributed by atoms with Crippen LogP contribution in [0.1, 0.15) is 55.8 Å². The molecule has 4 rings (SSSR count). The predicted octanol–water partition coefficient (Wildman–Crippen LogP) is 4.69. The molecule has 1 unspecified atom stereocenters. The fraction of sp³-hybridized carbons (Fsp3) is 0.591. The van der Waals surface area contributed by atoms with Gasteiger partial charge in [0.1, 0.15) is 5.67 Å². The molecule has 2 N–H and O–H groups in total. The van der Waals surface area contributed by atoms with Crippen LogP contribution in [-0.4, -0.2) is 35.3 Å². The average molecular weight is 406 g/mol. The highest BCUT2D eigenvalue weighted by molar-refractivity contribution is 6.36. The van der Waals surface area contributed by atoms with Gasteiger partial charge in [0.25, 0.3) is 5.91 Å². The largest absolute Gasteiger partial charge is 0.352 e. The Morgan fingerprint density at radius 1 is 1.36 bits per heavy atom. The summed E-state index contributed by atoms with van der Waals surface area (Å²) in [6.07, 6.45) is 7.08. The second-order valence-electron chi connectivity index (χ2n) is 8.69. The van der Waals surface area contributed by atoms with Gasteiger partial charge in [-0.1, -0.05) is 17.7 Å². The Kier molecular flexibility index (Phi) is 5.66. The van der Waals surface area contributed by atoms with Crippen molar-refractivity contribution in [1.82, 2.24) is 15.2 Å². The Labute approximate surface area is 170 Å². The smallest absolute Gasteiger partial charge is 0.253 e. The van der Waals surface area contributed by atoms with Crippen LogP contribution in [0.2, 0.25) is 5.02 Å². The van der Waals surface area contributed by atoms with Crippen molar-refractivity contribution in [3.63, 3.8) is 0 Å². The first-order chi connectivity index (χ1) is 13.4. The number of carbonyl (C=O) groups excluding carboxylic acids is 1. The van der Waals surface area contributed by atoms with Crippen molar-refractivity contribution in [2.45, 2.75) is 63.7 Å². The molecule has 1 aromatic heterocycles. The van der Waals surface area contributed by atoms with Crippen LogP contribution in [0.4, 0.5) is 4.39 Å². The molecule has 28 heavy (non-hydrogen) atoms. The molecule has 0 spiro atoms. The van der Waals surface area contributed by atoms with Crippen LogP contribution >= 0.6 is 11.6 Å². The number of fused-ring (bicyclic) bond motifs is 1. The molecular weight excluding hydrogens is 377 g/mol. The molecule has 2 heterocycles. The van der Waals surface area contributed by atoms with Crippen LogP contribution in [0, 0.1) is 5.92 Å². The molecule has 0 radical (unpaired) electrons. The van der Waals surface area contributed by atoms with Crippen molar-refractivity contribution in [2.24, 2.45) is 5.92 Å². The zero-order valence-corrected chi connectivity index (χ0v) is 17.2. The van der Waals surface area contributed by atoms with Crippen molar-refractivity contribution < 1.29 is 9.18 Å². The lowest BCUT2D eigenvalue weighted by atomic mass is 9.81. The molecule has 2 aromatic rings. The number of alkyl halides is 1. The van der Waals surface area contributed by atoms with Crippen LogP contribution < -0.4 is 10.6 Å². The number of hydrogen-bond acceptors (Lipinski definition) is 2. The number of nitrogens with zero attached hydrogens (tertiary/aromatic N) is 1. The third-order valence-electron chi connectivity index (χ3n) is 6.38. The van der Waals surface area contributed by atoms with Crippen molar-refractivity contribution in [3.05, 3.63) is 35.0 Å². The highest BCUT2D eigenvalue weighted by Crippen LogP contribution is 2.34. The van der Waals surface area contributed by atoms with Gasteiger partial charge < -0.3 is 15.2 Å². The molecule has 1 aliphatic heterocycles. The minimum Gasteiger partial charge on any atom is -0.352 e. The van der Waals surface area contributed by atoms with Gasteiger partial charge in [0.2, 0.25) is 0 Å². The van der Waals surface area contributed by atoms with Gasteiger partial charge in [-0.15, -0.1) is 0 Å². The first-order valence-electron chi connectivity index (χ1n) is 10.4. The van der Waals surface area contributed by atoms with E-state index in [1.165, 1.54) is 6.42 Å². The number of aromatic nitrogens is 1. The van der Waals surface area contributed by atoms with Crippen molar-refractivity contribution in [3.8, 4) is 0 Å². The molecule has 2 aliphatic rings. The van der Waals surface area contributed by atoms with E-state index in [4.69, 9.17) is 11.6 Å². The van der Waals surface area contributed by atoms with Crippen LogP contribution in [0.3, 0.4) is 0 Å². The molecule has 0 bridgehead atoms. The standard InChI is InChI=1S/C22H29ClFN3O/c1-22(24)9-7-15(8-10-22)12-26-21(28)17-14-27(13-16-4-3-11-25-16)19-6-2-5-18(23)20(17)19/h2,5-6,14-16,25H,3-4,7-13H2,1H3,(H,26,28). The monoisotopic (exact) mass is 405 g/mol. The van der Waals surface area contributed by atoms with Crippen molar-refractivity contribution in [1.29, 1.82) is 0 Å². The summed E-state index contributed by atoms with van der Waals surface area (Å²) in [6.45, 7) is 4.16. The van der Waals surface area contributed by atoms with Crippen LogP contribution in [0.15, 0.2) is 24.4 Å². The molecule has 1 amide bonds. The zero-order valence-electron chi connectivity index (χ0n) is 16.4. The number of amides is 1. The molecular formula is C22H29ClFN3O. The van der Waals surface area contributed by atoms with E-state index >= 15 is 0 Å². The Morgan fingerprint density at radius 3 is 2.86 bits per heavy atom. The summed E-state index contributed by atoms with van der Waals surface area (Å²) in [5.74, 6) is 0.254. The molecule has 1 aliphatic carbocycles. The second-order valence-corrected chi connectivity index (χ2v) is 9.10. The Bertz CT molecular complexity index is 847. The van der Waals surface area contributed by atoms with E-state index in [1.807, 2.05) is 24.4 Å². The maximum Gasteiger partial charge on any atom is 0.253 e. The fourth-order valence-corrected chi connectivity index (χ4v) is 4.87. The van der Waals surface area contributed by atoms with Gasteiger partial charge in [-0.05, 0) is 70.0 Å². The molecule has 1 aromatic carbocycles. The van der Waals surface area contributed by atoms with E-state index < -0.39 is 5.67 Å². The summed E-state index contributed by atoms with van der Waals surface area (Å²) in [5.41, 5.74) is 0.581. The number of rotatable bonds is 5. The van der Waals surface area contributed by atoms with Crippen LogP contribution in [0.5, 0.6) is 0 Å². The van der Waals surface area contributed by atoms with E-state index in [2.05, 4.69) is 15.2 Å². The lowest BCUT2D eigenvalue weighted by Crippen LogP contribution is -2.34. The Balaban J connectivity index is 1.50. The number of hydrogen-bond donors (Lipinski definition) is 2. The highest BCUT2D eigenvalue weighted by Gasteiger charge is 2.31. The van der Waals surface area contributed by atoms with E-state index in [9.17, 15) is 9.18 Å². The lowest BCUT2D eigenvalue weighted by molar-refractivity contribution is 0.0894. The third kappa shape index (κ3) is 4.20. The third-order valence-corrected chi connectivity index (χ3v) is 6.69. The number of benzene rings is 1. The van der Waals surface area contributed by atoms with Gasteiger partial charge in [-0.25, -0.2) is 4.39 Å². The number of carbonyl (C=O) groups is 1. The molecule has 4 nitrogen and oxygen atoms in total. The molecule has 6 heteroatoms. The van der Waals surface area contributed by atoms with E-state index in [1.54, 1.807) is 6.92 Å². The summed E-state index contributed by atoms with van der Waals surface area (Å²) in [4.78, 5) is 13.0. The van der Waals surface area contributed by atoms with Crippen molar-refractivity contribution >= 4 is 28.4 Å². The van der Waals surface area contributed by atoms with Gasteiger partial charge in [-0.3, -0.25) is 4.79 Å². The maximum atomic E-state index is 14.0. The van der Waals surface area contributed by atoms with Crippen LogP contribution in [0.25, 0.3) is 10.9 Å². The minimum absolute atomic E-state index is 0.0928. The fourth-order valence-electron chi connectivity index (χ4n) is 4.60. The SMILES string of the molecule is CC1(F)CCC(CNC(=O)c2cn(CC3CCCN3)c3cccc(Cl)c23)CC1. The molecule has 1 saturated heterocycles. The summed E-state index contributed by atoms with van der Waals surface area (Å²) in [5, 5.41) is 8.01. The van der Waals surface area contributed by atoms with E-state index in [0.29, 0.717) is 41.9 Å². The topological polar surface area (TPSA) is 46.1 Å². The quantitative estimate of drug-likeness (QED) is 0.757. The van der Waals surface area contributed by atoms with Gasteiger partial charge in [0, 0.05) is 30.7 Å². The number of nitrogens with one attached hydrogen (secondary N) is 2. The molecule has 2 fully saturated rings.